The lowest BCUT2D eigenvalue weighted by molar-refractivity contribution is 0.133. The first-order valence-corrected chi connectivity index (χ1v) is 7.27. The Morgan fingerprint density at radius 3 is 2.41 bits per heavy atom. The molecule has 0 saturated carbocycles. The summed E-state index contributed by atoms with van der Waals surface area (Å²) in [7, 11) is 0. The maximum Gasteiger partial charge on any atom is 0.0687 e. The van der Waals surface area contributed by atoms with Crippen LogP contribution in [0.15, 0.2) is 0 Å². The van der Waals surface area contributed by atoms with Crippen LogP contribution in [-0.4, -0.2) is 24.5 Å². The number of likely N-dealkylation sites (tertiary alicyclic amines) is 1. The van der Waals surface area contributed by atoms with Gasteiger partial charge in [0.15, 0.2) is 0 Å². The normalized spacial score (nSPS) is 22.0. The Hall–Kier alpha value is -0.550. The number of unbranched alkanes of at least 4 members (excludes halogenated alkanes) is 1. The van der Waals surface area contributed by atoms with Crippen LogP contribution in [-0.2, 0) is 0 Å². The van der Waals surface area contributed by atoms with Gasteiger partial charge in [-0.3, -0.25) is 0 Å². The number of piperidine rings is 1. The summed E-state index contributed by atoms with van der Waals surface area (Å²) in [6, 6.07) is 2.48. The molecule has 98 valence electrons. The molecule has 1 atom stereocenters. The highest BCUT2D eigenvalue weighted by Gasteiger charge is 2.30. The molecule has 2 nitrogen and oxygen atoms in total. The molecule has 0 aromatic rings. The van der Waals surface area contributed by atoms with Gasteiger partial charge in [0.05, 0.1) is 11.5 Å². The largest absolute Gasteiger partial charge is 0.303 e. The van der Waals surface area contributed by atoms with Crippen molar-refractivity contribution in [3.8, 4) is 6.07 Å². The maximum atomic E-state index is 9.11. The SMILES string of the molecule is CCCCC(CC)CN1CCC(C)(C#N)CC1. The van der Waals surface area contributed by atoms with E-state index in [9.17, 15) is 0 Å². The molecule has 0 spiro atoms. The molecule has 1 fully saturated rings. The second-order valence-corrected chi connectivity index (χ2v) is 5.89. The van der Waals surface area contributed by atoms with Gasteiger partial charge in [-0.2, -0.15) is 5.26 Å². The molecule has 1 heterocycles. The third-order valence-corrected chi connectivity index (χ3v) is 4.29. The highest BCUT2D eigenvalue weighted by Crippen LogP contribution is 2.30. The van der Waals surface area contributed by atoms with E-state index in [2.05, 4.69) is 31.7 Å². The smallest absolute Gasteiger partial charge is 0.0687 e. The molecule has 1 saturated heterocycles. The molecule has 0 aromatic carbocycles. The summed E-state index contributed by atoms with van der Waals surface area (Å²) >= 11 is 0. The van der Waals surface area contributed by atoms with Gasteiger partial charge in [0.1, 0.15) is 0 Å². The molecule has 0 aliphatic carbocycles. The van der Waals surface area contributed by atoms with E-state index in [1.807, 2.05) is 0 Å². The zero-order valence-electron chi connectivity index (χ0n) is 11.8. The molecule has 0 amide bonds. The Morgan fingerprint density at radius 1 is 1.29 bits per heavy atom. The minimum atomic E-state index is -0.0539. The first kappa shape index (κ1) is 14.5. The Bertz CT molecular complexity index is 246. The highest BCUT2D eigenvalue weighted by molar-refractivity contribution is 4.98. The van der Waals surface area contributed by atoms with Gasteiger partial charge in [0.25, 0.3) is 0 Å². The van der Waals surface area contributed by atoms with Gasteiger partial charge < -0.3 is 4.90 Å². The molecule has 0 N–H and O–H groups in total. The summed E-state index contributed by atoms with van der Waals surface area (Å²) in [5.74, 6) is 0.862. The summed E-state index contributed by atoms with van der Waals surface area (Å²) in [5, 5.41) is 9.11. The molecule has 1 unspecified atom stereocenters. The van der Waals surface area contributed by atoms with Gasteiger partial charge in [-0.1, -0.05) is 33.1 Å². The van der Waals surface area contributed by atoms with Crippen LogP contribution in [0.3, 0.4) is 0 Å². The Morgan fingerprint density at radius 2 is 1.94 bits per heavy atom. The van der Waals surface area contributed by atoms with E-state index in [0.717, 1.165) is 31.8 Å². The van der Waals surface area contributed by atoms with Gasteiger partial charge >= 0.3 is 0 Å². The summed E-state index contributed by atoms with van der Waals surface area (Å²) in [6.45, 7) is 10.2. The first-order valence-electron chi connectivity index (χ1n) is 7.27. The fourth-order valence-electron chi connectivity index (χ4n) is 2.62. The summed E-state index contributed by atoms with van der Waals surface area (Å²) in [6.07, 6.45) is 7.44. The summed E-state index contributed by atoms with van der Waals surface area (Å²) < 4.78 is 0. The molecule has 0 radical (unpaired) electrons. The molecule has 1 aliphatic heterocycles. The van der Waals surface area contributed by atoms with Crippen molar-refractivity contribution < 1.29 is 0 Å². The van der Waals surface area contributed by atoms with Crippen LogP contribution < -0.4 is 0 Å². The number of hydrogen-bond donors (Lipinski definition) is 0. The lowest BCUT2D eigenvalue weighted by Crippen LogP contribution is -2.40. The van der Waals surface area contributed by atoms with Gasteiger partial charge in [0.2, 0.25) is 0 Å². The van der Waals surface area contributed by atoms with Crippen LogP contribution in [0, 0.1) is 22.7 Å². The van der Waals surface area contributed by atoms with Crippen LogP contribution in [0.5, 0.6) is 0 Å². The Labute approximate surface area is 107 Å². The minimum Gasteiger partial charge on any atom is -0.303 e. The average molecular weight is 236 g/mol. The zero-order valence-corrected chi connectivity index (χ0v) is 11.8. The molecule has 17 heavy (non-hydrogen) atoms. The van der Waals surface area contributed by atoms with Crippen LogP contribution in [0.1, 0.15) is 59.3 Å². The fraction of sp³-hybridized carbons (Fsp3) is 0.933. The van der Waals surface area contributed by atoms with Crippen molar-refractivity contribution >= 4 is 0 Å². The van der Waals surface area contributed by atoms with Gasteiger partial charge in [-0.05, 0) is 45.2 Å². The van der Waals surface area contributed by atoms with Gasteiger partial charge in [-0.25, -0.2) is 0 Å². The predicted molar refractivity (Wildman–Crippen MR) is 72.7 cm³/mol. The highest BCUT2D eigenvalue weighted by atomic mass is 15.1. The fourth-order valence-corrected chi connectivity index (χ4v) is 2.62. The van der Waals surface area contributed by atoms with Crippen molar-refractivity contribution in [2.45, 2.75) is 59.3 Å². The van der Waals surface area contributed by atoms with Crippen LogP contribution in [0.2, 0.25) is 0 Å². The third-order valence-electron chi connectivity index (χ3n) is 4.29. The van der Waals surface area contributed by atoms with Gasteiger partial charge in [0, 0.05) is 6.54 Å². The number of nitriles is 1. The lowest BCUT2D eigenvalue weighted by Gasteiger charge is -2.36. The van der Waals surface area contributed by atoms with Crippen molar-refractivity contribution in [3.05, 3.63) is 0 Å². The standard InChI is InChI=1S/C15H28N2/c1-4-6-7-14(5-2)12-17-10-8-15(3,13-16)9-11-17/h14H,4-12H2,1-3H3. The molecule has 0 bridgehead atoms. The Balaban J connectivity index is 2.31. The van der Waals surface area contributed by atoms with Crippen molar-refractivity contribution in [1.29, 1.82) is 5.26 Å². The summed E-state index contributed by atoms with van der Waals surface area (Å²) in [5.41, 5.74) is -0.0539. The molecular weight excluding hydrogens is 208 g/mol. The van der Waals surface area contributed by atoms with Crippen molar-refractivity contribution in [2.24, 2.45) is 11.3 Å². The second kappa shape index (κ2) is 7.01. The van der Waals surface area contributed by atoms with E-state index in [4.69, 9.17) is 5.26 Å². The van der Waals surface area contributed by atoms with Crippen molar-refractivity contribution in [3.63, 3.8) is 0 Å². The monoisotopic (exact) mass is 236 g/mol. The van der Waals surface area contributed by atoms with E-state index in [1.165, 1.54) is 32.2 Å². The van der Waals surface area contributed by atoms with Crippen LogP contribution in [0.4, 0.5) is 0 Å². The number of nitrogens with zero attached hydrogens (tertiary/aromatic N) is 2. The first-order chi connectivity index (χ1) is 8.13. The molecule has 1 aliphatic rings. The topological polar surface area (TPSA) is 27.0 Å². The van der Waals surface area contributed by atoms with E-state index in [-0.39, 0.29) is 5.41 Å². The third kappa shape index (κ3) is 4.68. The number of hydrogen-bond acceptors (Lipinski definition) is 2. The van der Waals surface area contributed by atoms with Crippen LogP contribution in [0.25, 0.3) is 0 Å². The van der Waals surface area contributed by atoms with Crippen LogP contribution >= 0.6 is 0 Å². The van der Waals surface area contributed by atoms with E-state index in [1.54, 1.807) is 0 Å². The quantitative estimate of drug-likeness (QED) is 0.701. The van der Waals surface area contributed by atoms with Crippen molar-refractivity contribution in [2.75, 3.05) is 19.6 Å². The molecule has 2 heteroatoms. The molecule has 1 rings (SSSR count). The maximum absolute atomic E-state index is 9.11. The molecular formula is C15H28N2. The van der Waals surface area contributed by atoms with Gasteiger partial charge in [-0.15, -0.1) is 0 Å². The second-order valence-electron chi connectivity index (χ2n) is 5.89. The number of rotatable bonds is 6. The predicted octanol–water partition coefficient (Wildman–Crippen LogP) is 3.83. The minimum absolute atomic E-state index is 0.0539. The average Bonchev–Trinajstić information content (AvgIpc) is 2.37. The summed E-state index contributed by atoms with van der Waals surface area (Å²) in [4.78, 5) is 2.57. The lowest BCUT2D eigenvalue weighted by atomic mass is 9.81. The Kier molecular flexibility index (Phi) is 5.98. The van der Waals surface area contributed by atoms with Crippen molar-refractivity contribution in [1.82, 2.24) is 4.90 Å². The molecule has 0 aromatic heterocycles. The van der Waals surface area contributed by atoms with E-state index >= 15 is 0 Å². The van der Waals surface area contributed by atoms with E-state index in [0.29, 0.717) is 0 Å². The van der Waals surface area contributed by atoms with E-state index < -0.39 is 0 Å². The zero-order chi connectivity index (χ0) is 12.7.